The zero-order valence-electron chi connectivity index (χ0n) is 32.6. The molecule has 57 heavy (non-hydrogen) atoms. The molecule has 300 valence electrons. The highest BCUT2D eigenvalue weighted by molar-refractivity contribution is 7.17. The van der Waals surface area contributed by atoms with Gasteiger partial charge in [-0.2, -0.15) is 0 Å². The van der Waals surface area contributed by atoms with E-state index in [9.17, 15) is 24.0 Å². The van der Waals surface area contributed by atoms with Gasteiger partial charge >= 0.3 is 11.9 Å². The molecule has 1 heterocycles. The summed E-state index contributed by atoms with van der Waals surface area (Å²) in [5.74, 6) is -2.61. The number of aryl methyl sites for hydroxylation is 3. The number of carbonyl (C=O) groups is 5. The predicted octanol–water partition coefficient (Wildman–Crippen LogP) is 8.07. The van der Waals surface area contributed by atoms with Crippen molar-refractivity contribution in [3.05, 3.63) is 117 Å². The molecule has 0 radical (unpaired) electrons. The summed E-state index contributed by atoms with van der Waals surface area (Å²) in [6.07, 6.45) is 10.5. The number of anilines is 2. The first-order chi connectivity index (χ1) is 27.5. The summed E-state index contributed by atoms with van der Waals surface area (Å²) in [4.78, 5) is 67.5. The number of likely N-dealkylation sites (N-methyl/N-ethyl adjacent to an activating group) is 1. The van der Waals surface area contributed by atoms with Crippen LogP contribution in [0, 0.1) is 0 Å². The van der Waals surface area contributed by atoms with E-state index in [1.54, 1.807) is 30.1 Å². The lowest BCUT2D eigenvalue weighted by molar-refractivity contribution is -0.140. The van der Waals surface area contributed by atoms with Crippen LogP contribution in [0.15, 0.2) is 72.8 Å². The van der Waals surface area contributed by atoms with Crippen molar-refractivity contribution in [1.82, 2.24) is 9.80 Å². The summed E-state index contributed by atoms with van der Waals surface area (Å²) in [6, 6.07) is 22.8. The van der Waals surface area contributed by atoms with Crippen LogP contribution in [0.3, 0.4) is 0 Å². The molecule has 1 aromatic heterocycles. The van der Waals surface area contributed by atoms with E-state index < -0.39 is 11.9 Å². The maximum atomic E-state index is 13.9. The number of carboxylic acids is 2. The molecule has 0 saturated heterocycles. The molecule has 6 rings (SSSR count). The summed E-state index contributed by atoms with van der Waals surface area (Å²) in [7, 11) is 1.72. The van der Waals surface area contributed by atoms with Crippen molar-refractivity contribution in [1.29, 1.82) is 0 Å². The number of hydrogen-bond donors (Lipinski definition) is 4. The van der Waals surface area contributed by atoms with Gasteiger partial charge in [0.1, 0.15) is 5.00 Å². The molecular weight excluding hydrogens is 741 g/mol. The number of nitrogens with zero attached hydrogens (tertiary/aromatic N) is 2. The molecule has 3 aromatic carbocycles. The minimum absolute atomic E-state index is 0.0196. The summed E-state index contributed by atoms with van der Waals surface area (Å²) in [6.45, 7) is 1.75. The Morgan fingerprint density at radius 1 is 0.737 bits per heavy atom. The molecule has 12 heteroatoms. The maximum absolute atomic E-state index is 13.9. The van der Waals surface area contributed by atoms with Gasteiger partial charge in [-0.25, -0.2) is 4.79 Å². The van der Waals surface area contributed by atoms with E-state index in [1.165, 1.54) is 11.3 Å². The quantitative estimate of drug-likeness (QED) is 0.0789. The van der Waals surface area contributed by atoms with Crippen LogP contribution in [0.25, 0.3) is 0 Å². The van der Waals surface area contributed by atoms with Gasteiger partial charge in [-0.1, -0.05) is 49.2 Å². The van der Waals surface area contributed by atoms with Gasteiger partial charge in [-0.05, 0) is 116 Å². The van der Waals surface area contributed by atoms with Crippen LogP contribution in [-0.2, 0) is 41.8 Å². The molecule has 4 N–H and O–H groups in total. The van der Waals surface area contributed by atoms with Gasteiger partial charge < -0.3 is 25.7 Å². The van der Waals surface area contributed by atoms with E-state index in [0.29, 0.717) is 47.5 Å². The molecule has 0 atom stereocenters. The molecule has 4 aromatic rings. The van der Waals surface area contributed by atoms with Crippen molar-refractivity contribution in [2.24, 2.45) is 0 Å². The van der Waals surface area contributed by atoms with Crippen LogP contribution in [-0.4, -0.2) is 75.9 Å². The highest BCUT2D eigenvalue weighted by Gasteiger charge is 2.28. The molecular formula is C45H52N4O7S. The normalized spacial score (nSPS) is 13.9. The average Bonchev–Trinajstić information content (AvgIpc) is 3.88. The third-order valence-electron chi connectivity index (χ3n) is 11.1. The number of amides is 3. The van der Waals surface area contributed by atoms with Crippen LogP contribution in [0.1, 0.15) is 116 Å². The number of thiophene rings is 1. The van der Waals surface area contributed by atoms with E-state index in [1.807, 2.05) is 54.6 Å². The number of fused-ring (bicyclic) bond motifs is 1. The third kappa shape index (κ3) is 11.4. The maximum Gasteiger partial charge on any atom is 0.335 e. The predicted molar refractivity (Wildman–Crippen MR) is 222 cm³/mol. The average molecular weight is 793 g/mol. The second kappa shape index (κ2) is 19.7. The number of nitrogens with one attached hydrogen (secondary N) is 2. The first-order valence-corrected chi connectivity index (χ1v) is 20.8. The standard InChI is InChI=1S/C45H52N4O7S/c1-48(39(50)24-25-40(51)52)26-27-49(36-12-2-3-13-36)29-32-10-7-11-34(28-32)42(53)47-44-41(37-14-4-5-15-38(37)57-44)43(54)46-35-22-18-31(19-23-35)9-6-8-30-16-20-33(21-17-30)45(55)56/h7,10-11,16-23,28,36H,2-6,8-9,12-15,24-27,29H2,1H3,(H,46,54)(H,47,53)(H,51,52)(H,55,56). The number of carboxylic acid groups (broad SMARTS) is 2. The number of rotatable bonds is 18. The van der Waals surface area contributed by atoms with Gasteiger partial charge in [0.15, 0.2) is 0 Å². The van der Waals surface area contributed by atoms with Crippen molar-refractivity contribution in [3.8, 4) is 0 Å². The lowest BCUT2D eigenvalue weighted by Crippen LogP contribution is -2.40. The molecule has 0 spiro atoms. The van der Waals surface area contributed by atoms with Crippen molar-refractivity contribution in [3.63, 3.8) is 0 Å². The van der Waals surface area contributed by atoms with Crippen molar-refractivity contribution < 1.29 is 34.2 Å². The molecule has 3 amide bonds. The Bertz CT molecular complexity index is 2050. The Morgan fingerprint density at radius 3 is 2.11 bits per heavy atom. The molecule has 2 aliphatic rings. The third-order valence-corrected chi connectivity index (χ3v) is 12.3. The van der Waals surface area contributed by atoms with E-state index in [-0.39, 0.29) is 36.1 Å². The van der Waals surface area contributed by atoms with Crippen LogP contribution in [0.4, 0.5) is 10.7 Å². The number of hydrogen-bond acceptors (Lipinski definition) is 7. The Morgan fingerprint density at radius 2 is 1.42 bits per heavy atom. The fourth-order valence-electron chi connectivity index (χ4n) is 7.84. The number of aliphatic carboxylic acids is 1. The minimum atomic E-state index is -0.984. The largest absolute Gasteiger partial charge is 0.481 e. The zero-order valence-corrected chi connectivity index (χ0v) is 33.4. The van der Waals surface area contributed by atoms with Gasteiger partial charge in [0.05, 0.1) is 17.5 Å². The van der Waals surface area contributed by atoms with Gasteiger partial charge in [-0.15, -0.1) is 11.3 Å². The van der Waals surface area contributed by atoms with Crippen molar-refractivity contribution in [2.75, 3.05) is 30.8 Å². The van der Waals surface area contributed by atoms with E-state index >= 15 is 0 Å². The minimum Gasteiger partial charge on any atom is -0.481 e. The van der Waals surface area contributed by atoms with Gasteiger partial charge in [-0.3, -0.25) is 24.1 Å². The molecule has 11 nitrogen and oxygen atoms in total. The molecule has 0 aliphatic heterocycles. The number of benzene rings is 3. The van der Waals surface area contributed by atoms with Gasteiger partial charge in [0, 0.05) is 55.3 Å². The molecule has 1 fully saturated rings. The Labute approximate surface area is 338 Å². The molecule has 2 aliphatic carbocycles. The summed E-state index contributed by atoms with van der Waals surface area (Å²) < 4.78 is 0. The van der Waals surface area contributed by atoms with E-state index in [2.05, 4.69) is 15.5 Å². The second-order valence-corrected chi connectivity index (χ2v) is 16.3. The Balaban J connectivity index is 1.09. The smallest absolute Gasteiger partial charge is 0.335 e. The molecule has 0 unspecified atom stereocenters. The summed E-state index contributed by atoms with van der Waals surface area (Å²) in [5, 5.41) is 24.8. The molecule has 1 saturated carbocycles. The lowest BCUT2D eigenvalue weighted by Gasteiger charge is -2.31. The van der Waals surface area contributed by atoms with E-state index in [4.69, 9.17) is 10.2 Å². The van der Waals surface area contributed by atoms with Crippen molar-refractivity contribution in [2.45, 2.75) is 96.1 Å². The van der Waals surface area contributed by atoms with Crippen LogP contribution >= 0.6 is 11.3 Å². The topological polar surface area (TPSA) is 156 Å². The fourth-order valence-corrected chi connectivity index (χ4v) is 9.12. The first-order valence-electron chi connectivity index (χ1n) is 20.0. The number of carbonyl (C=O) groups excluding carboxylic acids is 3. The fraction of sp³-hybridized carbons (Fsp3) is 0.400. The van der Waals surface area contributed by atoms with Gasteiger partial charge in [0.2, 0.25) is 5.91 Å². The lowest BCUT2D eigenvalue weighted by atomic mass is 9.95. The monoisotopic (exact) mass is 792 g/mol. The Hall–Kier alpha value is -5.33. The number of aromatic carboxylic acids is 1. The van der Waals surface area contributed by atoms with Crippen molar-refractivity contribution >= 4 is 51.7 Å². The van der Waals surface area contributed by atoms with Crippen LogP contribution in [0.2, 0.25) is 0 Å². The second-order valence-electron chi connectivity index (χ2n) is 15.2. The Kier molecular flexibility index (Phi) is 14.3. The van der Waals surface area contributed by atoms with E-state index in [0.717, 1.165) is 97.8 Å². The highest BCUT2D eigenvalue weighted by Crippen LogP contribution is 2.39. The highest BCUT2D eigenvalue weighted by atomic mass is 32.1. The summed E-state index contributed by atoms with van der Waals surface area (Å²) >= 11 is 1.49. The zero-order chi connectivity index (χ0) is 40.3. The van der Waals surface area contributed by atoms with Crippen LogP contribution in [0.5, 0.6) is 0 Å². The van der Waals surface area contributed by atoms with Gasteiger partial charge in [0.25, 0.3) is 11.8 Å². The SMILES string of the molecule is CN(CCN(Cc1cccc(C(=O)Nc2sc3c(c2C(=O)Nc2ccc(CCCc4ccc(C(=O)O)cc4)cc2)CCCC3)c1)C1CCCC1)C(=O)CCC(=O)O. The summed E-state index contributed by atoms with van der Waals surface area (Å²) in [5.41, 5.74) is 6.22. The van der Waals surface area contributed by atoms with Crippen LogP contribution < -0.4 is 10.6 Å². The first kappa shape index (κ1) is 41.3. The molecule has 0 bridgehead atoms.